The van der Waals surface area contributed by atoms with Gasteiger partial charge in [0.15, 0.2) is 0 Å². The van der Waals surface area contributed by atoms with Gasteiger partial charge in [0.25, 0.3) is 0 Å². The van der Waals surface area contributed by atoms with E-state index in [1.54, 1.807) is 0 Å². The van der Waals surface area contributed by atoms with Gasteiger partial charge in [0.1, 0.15) is 0 Å². The Bertz CT molecular complexity index is 702. The lowest BCUT2D eigenvalue weighted by Gasteiger charge is -2.41. The Balaban J connectivity index is 0.00000243. The minimum absolute atomic E-state index is 0. The first kappa shape index (κ1) is 21.1. The Kier molecular flexibility index (Phi) is 7.40. The summed E-state index contributed by atoms with van der Waals surface area (Å²) in [5.74, 6) is 0.290. The molecular weight excluding hydrogens is 365 g/mol. The topological polar surface area (TPSA) is 23.5 Å². The SMILES string of the molecule is CN(C)c1ccccc1CC1CCCCC1(O)Cc1ccc(Cl)cc1.Cl. The van der Waals surface area contributed by atoms with Gasteiger partial charge in [-0.1, -0.05) is 54.8 Å². The third-order valence-electron chi connectivity index (χ3n) is 5.54. The fraction of sp³-hybridized carbons (Fsp3) is 0.455. The van der Waals surface area contributed by atoms with Gasteiger partial charge in [-0.2, -0.15) is 0 Å². The zero-order valence-electron chi connectivity index (χ0n) is 15.6. The zero-order valence-corrected chi connectivity index (χ0v) is 17.2. The molecule has 1 N–H and O–H groups in total. The van der Waals surface area contributed by atoms with Gasteiger partial charge >= 0.3 is 0 Å². The first-order chi connectivity index (χ1) is 12.0. The van der Waals surface area contributed by atoms with Crippen LogP contribution in [0.2, 0.25) is 5.02 Å². The first-order valence-electron chi connectivity index (χ1n) is 9.20. The van der Waals surface area contributed by atoms with Crippen molar-refractivity contribution >= 4 is 29.7 Å². The van der Waals surface area contributed by atoms with Crippen LogP contribution in [0, 0.1) is 5.92 Å². The Morgan fingerprint density at radius 3 is 2.46 bits per heavy atom. The number of aliphatic hydroxyl groups is 1. The summed E-state index contributed by atoms with van der Waals surface area (Å²) in [7, 11) is 4.17. The molecule has 0 aliphatic heterocycles. The van der Waals surface area contributed by atoms with Crippen LogP contribution in [-0.2, 0) is 12.8 Å². The molecule has 4 heteroatoms. The van der Waals surface area contributed by atoms with Crippen LogP contribution >= 0.6 is 24.0 Å². The molecule has 0 radical (unpaired) electrons. The Morgan fingerprint density at radius 1 is 1.08 bits per heavy atom. The average Bonchev–Trinajstić information content (AvgIpc) is 2.59. The molecule has 26 heavy (non-hydrogen) atoms. The monoisotopic (exact) mass is 393 g/mol. The molecule has 1 aliphatic rings. The van der Waals surface area contributed by atoms with E-state index >= 15 is 0 Å². The fourth-order valence-corrected chi connectivity index (χ4v) is 4.29. The highest BCUT2D eigenvalue weighted by Gasteiger charge is 2.39. The predicted octanol–water partition coefficient (Wildman–Crippen LogP) is 5.53. The number of hydrogen-bond donors (Lipinski definition) is 1. The number of rotatable bonds is 5. The van der Waals surface area contributed by atoms with Crippen LogP contribution in [0.15, 0.2) is 48.5 Å². The van der Waals surface area contributed by atoms with Crippen LogP contribution in [0.4, 0.5) is 5.69 Å². The Labute approximate surface area is 168 Å². The Hall–Kier alpha value is -1.22. The molecule has 2 aromatic rings. The highest BCUT2D eigenvalue weighted by molar-refractivity contribution is 6.30. The largest absolute Gasteiger partial charge is 0.389 e. The van der Waals surface area contributed by atoms with Gasteiger partial charge in [0.2, 0.25) is 0 Å². The van der Waals surface area contributed by atoms with Crippen LogP contribution in [0.1, 0.15) is 36.8 Å². The van der Waals surface area contributed by atoms with Crippen LogP contribution in [0.5, 0.6) is 0 Å². The number of nitrogens with zero attached hydrogens (tertiary/aromatic N) is 1. The molecule has 0 heterocycles. The van der Waals surface area contributed by atoms with Crippen molar-refractivity contribution in [3.63, 3.8) is 0 Å². The van der Waals surface area contributed by atoms with Crippen LogP contribution < -0.4 is 4.90 Å². The van der Waals surface area contributed by atoms with E-state index in [9.17, 15) is 5.11 Å². The lowest BCUT2D eigenvalue weighted by atomic mass is 9.70. The van der Waals surface area contributed by atoms with Crippen molar-refractivity contribution in [2.24, 2.45) is 5.92 Å². The predicted molar refractivity (Wildman–Crippen MR) is 114 cm³/mol. The van der Waals surface area contributed by atoms with Crippen molar-refractivity contribution in [2.75, 3.05) is 19.0 Å². The normalized spacial score (nSPS) is 22.5. The summed E-state index contributed by atoms with van der Waals surface area (Å²) >= 11 is 6.01. The lowest BCUT2D eigenvalue weighted by Crippen LogP contribution is -2.43. The molecule has 0 amide bonds. The average molecular weight is 394 g/mol. The maximum atomic E-state index is 11.5. The van der Waals surface area contributed by atoms with Crippen molar-refractivity contribution < 1.29 is 5.11 Å². The summed E-state index contributed by atoms with van der Waals surface area (Å²) in [4.78, 5) is 2.16. The van der Waals surface area contributed by atoms with E-state index < -0.39 is 5.60 Å². The molecule has 142 valence electrons. The van der Waals surface area contributed by atoms with Gasteiger partial charge in [-0.25, -0.2) is 0 Å². The maximum Gasteiger partial charge on any atom is 0.0719 e. The second-order valence-electron chi connectivity index (χ2n) is 7.58. The molecule has 3 rings (SSSR count). The van der Waals surface area contributed by atoms with E-state index in [1.807, 2.05) is 24.3 Å². The minimum Gasteiger partial charge on any atom is -0.389 e. The molecule has 1 saturated carbocycles. The molecule has 0 spiro atoms. The second-order valence-corrected chi connectivity index (χ2v) is 8.01. The summed E-state index contributed by atoms with van der Waals surface area (Å²) in [6, 6.07) is 16.5. The van der Waals surface area contributed by atoms with E-state index in [-0.39, 0.29) is 18.3 Å². The summed E-state index contributed by atoms with van der Waals surface area (Å²) in [6.45, 7) is 0. The van der Waals surface area contributed by atoms with Gasteiger partial charge in [0.05, 0.1) is 5.60 Å². The first-order valence-corrected chi connectivity index (χ1v) is 9.58. The van der Waals surface area contributed by atoms with Crippen LogP contribution in [-0.4, -0.2) is 24.8 Å². The van der Waals surface area contributed by atoms with Crippen molar-refractivity contribution in [2.45, 2.75) is 44.1 Å². The highest BCUT2D eigenvalue weighted by Crippen LogP contribution is 2.39. The van der Waals surface area contributed by atoms with Crippen molar-refractivity contribution in [3.05, 3.63) is 64.7 Å². The van der Waals surface area contributed by atoms with E-state index in [0.29, 0.717) is 6.42 Å². The lowest BCUT2D eigenvalue weighted by molar-refractivity contribution is -0.0476. The summed E-state index contributed by atoms with van der Waals surface area (Å²) < 4.78 is 0. The van der Waals surface area contributed by atoms with Crippen molar-refractivity contribution in [1.29, 1.82) is 0 Å². The molecule has 2 unspecified atom stereocenters. The highest BCUT2D eigenvalue weighted by atomic mass is 35.5. The van der Waals surface area contributed by atoms with Gasteiger partial charge in [-0.15, -0.1) is 12.4 Å². The third-order valence-corrected chi connectivity index (χ3v) is 5.79. The zero-order chi connectivity index (χ0) is 17.9. The van der Waals surface area contributed by atoms with E-state index in [2.05, 4.69) is 43.3 Å². The summed E-state index contributed by atoms with van der Waals surface area (Å²) in [6.07, 6.45) is 5.92. The summed E-state index contributed by atoms with van der Waals surface area (Å²) in [5.41, 5.74) is 3.11. The van der Waals surface area contributed by atoms with Gasteiger partial charge in [0, 0.05) is 31.2 Å². The second kappa shape index (κ2) is 9.12. The molecule has 1 aliphatic carbocycles. The smallest absolute Gasteiger partial charge is 0.0719 e. The molecule has 2 atom stereocenters. The third kappa shape index (κ3) is 4.94. The molecule has 0 saturated heterocycles. The summed E-state index contributed by atoms with van der Waals surface area (Å²) in [5, 5.41) is 12.2. The molecule has 1 fully saturated rings. The van der Waals surface area contributed by atoms with E-state index in [4.69, 9.17) is 11.6 Å². The van der Waals surface area contributed by atoms with Crippen molar-refractivity contribution in [1.82, 2.24) is 0 Å². The number of hydrogen-bond acceptors (Lipinski definition) is 2. The quantitative estimate of drug-likeness (QED) is 0.720. The fourth-order valence-electron chi connectivity index (χ4n) is 4.16. The van der Waals surface area contributed by atoms with Crippen LogP contribution in [0.25, 0.3) is 0 Å². The van der Waals surface area contributed by atoms with E-state index in [1.165, 1.54) is 23.2 Å². The number of anilines is 1. The Morgan fingerprint density at radius 2 is 1.77 bits per heavy atom. The van der Waals surface area contributed by atoms with Gasteiger partial charge in [-0.3, -0.25) is 0 Å². The minimum atomic E-state index is -0.633. The van der Waals surface area contributed by atoms with Gasteiger partial charge < -0.3 is 10.0 Å². The number of halogens is 2. The molecule has 2 aromatic carbocycles. The van der Waals surface area contributed by atoms with Crippen molar-refractivity contribution in [3.8, 4) is 0 Å². The van der Waals surface area contributed by atoms with Crippen LogP contribution in [0.3, 0.4) is 0 Å². The number of para-hydroxylation sites is 1. The molecule has 0 aromatic heterocycles. The van der Waals surface area contributed by atoms with Gasteiger partial charge in [-0.05, 0) is 54.5 Å². The number of benzene rings is 2. The molecular formula is C22H29Cl2NO. The standard InChI is InChI=1S/C22H28ClNO.ClH/c1-24(2)21-9-4-3-7-18(21)15-19-8-5-6-14-22(19,25)16-17-10-12-20(23)13-11-17;/h3-4,7,9-13,19,25H,5-6,8,14-16H2,1-2H3;1H. The maximum absolute atomic E-state index is 11.5. The molecule has 0 bridgehead atoms. The van der Waals surface area contributed by atoms with E-state index in [0.717, 1.165) is 30.7 Å². The molecule has 2 nitrogen and oxygen atoms in total.